The van der Waals surface area contributed by atoms with Crippen LogP contribution in [0.5, 0.6) is 0 Å². The van der Waals surface area contributed by atoms with E-state index in [9.17, 15) is 4.39 Å². The van der Waals surface area contributed by atoms with E-state index in [1.165, 1.54) is 25.3 Å². The van der Waals surface area contributed by atoms with Crippen LogP contribution < -0.4 is 0 Å². The first-order chi connectivity index (χ1) is 10.1. The highest BCUT2D eigenvalue weighted by Crippen LogP contribution is 2.37. The number of hydrogen-bond acceptors (Lipinski definition) is 2. The van der Waals surface area contributed by atoms with Crippen molar-refractivity contribution in [1.29, 1.82) is 0 Å². The van der Waals surface area contributed by atoms with Crippen LogP contribution in [0.2, 0.25) is 0 Å². The highest BCUT2D eigenvalue weighted by Gasteiger charge is 2.34. The molecule has 0 saturated carbocycles. The first-order valence-corrected chi connectivity index (χ1v) is 7.73. The SMILES string of the molecule is CCC1(CC)CCN(Cc2ccc(C#CCO)cc2F)C1. The molecule has 0 aromatic heterocycles. The smallest absolute Gasteiger partial charge is 0.128 e. The summed E-state index contributed by atoms with van der Waals surface area (Å²) in [6.45, 7) is 7.08. The zero-order valence-corrected chi connectivity index (χ0v) is 13.0. The lowest BCUT2D eigenvalue weighted by Gasteiger charge is -2.26. The highest BCUT2D eigenvalue weighted by atomic mass is 19.1. The molecule has 2 nitrogen and oxygen atoms in total. The molecule has 0 atom stereocenters. The van der Waals surface area contributed by atoms with E-state index in [4.69, 9.17) is 5.11 Å². The van der Waals surface area contributed by atoms with Gasteiger partial charge in [0.05, 0.1) is 0 Å². The van der Waals surface area contributed by atoms with Gasteiger partial charge in [0, 0.05) is 24.2 Å². The Morgan fingerprint density at radius 3 is 2.67 bits per heavy atom. The topological polar surface area (TPSA) is 23.5 Å². The number of halogens is 1. The Kier molecular flexibility index (Phi) is 5.39. The Morgan fingerprint density at radius 2 is 2.10 bits per heavy atom. The summed E-state index contributed by atoms with van der Waals surface area (Å²) < 4.78 is 14.1. The second-order valence-corrected chi connectivity index (χ2v) is 5.93. The Labute approximate surface area is 127 Å². The summed E-state index contributed by atoms with van der Waals surface area (Å²) in [6, 6.07) is 5.10. The maximum absolute atomic E-state index is 14.1. The fourth-order valence-electron chi connectivity index (χ4n) is 3.13. The lowest BCUT2D eigenvalue weighted by Crippen LogP contribution is -2.26. The minimum atomic E-state index is -0.203. The van der Waals surface area contributed by atoms with Crippen LogP contribution in [0.25, 0.3) is 0 Å². The molecule has 0 amide bonds. The second kappa shape index (κ2) is 7.06. The van der Waals surface area contributed by atoms with Crippen LogP contribution in [0.1, 0.15) is 44.2 Å². The fraction of sp³-hybridized carbons (Fsp3) is 0.556. The molecule has 1 aliphatic heterocycles. The van der Waals surface area contributed by atoms with E-state index in [0.717, 1.165) is 18.7 Å². The van der Waals surface area contributed by atoms with Gasteiger partial charge in [0.15, 0.2) is 0 Å². The first-order valence-electron chi connectivity index (χ1n) is 7.73. The van der Waals surface area contributed by atoms with Crippen molar-refractivity contribution < 1.29 is 9.50 Å². The minimum Gasteiger partial charge on any atom is -0.384 e. The number of benzene rings is 1. The van der Waals surface area contributed by atoms with Gasteiger partial charge in [-0.1, -0.05) is 31.8 Å². The maximum Gasteiger partial charge on any atom is 0.128 e. The predicted molar refractivity (Wildman–Crippen MR) is 83.3 cm³/mol. The van der Waals surface area contributed by atoms with Gasteiger partial charge in [0.1, 0.15) is 12.4 Å². The van der Waals surface area contributed by atoms with E-state index in [-0.39, 0.29) is 12.4 Å². The van der Waals surface area contributed by atoms with Crippen LogP contribution in [-0.4, -0.2) is 29.7 Å². The molecular formula is C18H24FNO. The molecule has 2 rings (SSSR count). The first kappa shape index (κ1) is 16.0. The van der Waals surface area contributed by atoms with E-state index in [0.29, 0.717) is 17.5 Å². The van der Waals surface area contributed by atoms with Crippen molar-refractivity contribution >= 4 is 0 Å². The van der Waals surface area contributed by atoms with Crippen molar-refractivity contribution in [3.05, 3.63) is 35.1 Å². The third-order valence-electron chi connectivity index (χ3n) is 4.78. The molecule has 0 spiro atoms. The summed E-state index contributed by atoms with van der Waals surface area (Å²) in [6.07, 6.45) is 3.60. The molecule has 1 aromatic rings. The van der Waals surface area contributed by atoms with Crippen molar-refractivity contribution in [3.8, 4) is 11.8 Å². The van der Waals surface area contributed by atoms with E-state index in [1.54, 1.807) is 0 Å². The van der Waals surface area contributed by atoms with Gasteiger partial charge in [-0.15, -0.1) is 0 Å². The van der Waals surface area contributed by atoms with Gasteiger partial charge in [0.25, 0.3) is 0 Å². The van der Waals surface area contributed by atoms with Crippen LogP contribution >= 0.6 is 0 Å². The number of aliphatic hydroxyl groups excluding tert-OH is 1. The summed E-state index contributed by atoms with van der Waals surface area (Å²) in [5.41, 5.74) is 1.76. The molecule has 1 aromatic carbocycles. The third-order valence-corrected chi connectivity index (χ3v) is 4.78. The number of nitrogens with zero attached hydrogens (tertiary/aromatic N) is 1. The molecule has 21 heavy (non-hydrogen) atoms. The van der Waals surface area contributed by atoms with E-state index < -0.39 is 0 Å². The van der Waals surface area contributed by atoms with Crippen LogP contribution in [0.4, 0.5) is 4.39 Å². The average molecular weight is 289 g/mol. The van der Waals surface area contributed by atoms with Gasteiger partial charge in [-0.25, -0.2) is 4.39 Å². The summed E-state index contributed by atoms with van der Waals surface area (Å²) in [5.74, 6) is 5.07. The average Bonchev–Trinajstić information content (AvgIpc) is 2.91. The number of hydrogen-bond donors (Lipinski definition) is 1. The molecule has 0 radical (unpaired) electrons. The van der Waals surface area contributed by atoms with Crippen LogP contribution in [0, 0.1) is 23.1 Å². The molecule has 0 aliphatic carbocycles. The van der Waals surface area contributed by atoms with Crippen molar-refractivity contribution in [3.63, 3.8) is 0 Å². The number of likely N-dealkylation sites (tertiary alicyclic amines) is 1. The molecule has 1 N–H and O–H groups in total. The molecule has 1 fully saturated rings. The molecule has 3 heteroatoms. The Balaban J connectivity index is 2.04. The van der Waals surface area contributed by atoms with Crippen molar-refractivity contribution in [1.82, 2.24) is 4.90 Å². The van der Waals surface area contributed by atoms with E-state index in [2.05, 4.69) is 30.6 Å². The van der Waals surface area contributed by atoms with Crippen LogP contribution in [0.3, 0.4) is 0 Å². The van der Waals surface area contributed by atoms with Crippen molar-refractivity contribution in [2.75, 3.05) is 19.7 Å². The van der Waals surface area contributed by atoms with Gasteiger partial charge >= 0.3 is 0 Å². The van der Waals surface area contributed by atoms with Gasteiger partial charge in [0.2, 0.25) is 0 Å². The lowest BCUT2D eigenvalue weighted by atomic mass is 9.82. The maximum atomic E-state index is 14.1. The van der Waals surface area contributed by atoms with Gasteiger partial charge < -0.3 is 5.11 Å². The third kappa shape index (κ3) is 3.84. The number of aliphatic hydroxyl groups is 1. The summed E-state index contributed by atoms with van der Waals surface area (Å²) >= 11 is 0. The van der Waals surface area contributed by atoms with E-state index in [1.807, 2.05) is 12.1 Å². The zero-order chi connectivity index (χ0) is 15.3. The molecule has 0 unspecified atom stereocenters. The molecular weight excluding hydrogens is 265 g/mol. The monoisotopic (exact) mass is 289 g/mol. The lowest BCUT2D eigenvalue weighted by molar-refractivity contribution is 0.234. The van der Waals surface area contributed by atoms with Crippen molar-refractivity contribution in [2.45, 2.75) is 39.7 Å². The summed E-state index contributed by atoms with van der Waals surface area (Å²) in [5, 5.41) is 8.66. The summed E-state index contributed by atoms with van der Waals surface area (Å²) in [7, 11) is 0. The Morgan fingerprint density at radius 1 is 1.33 bits per heavy atom. The molecule has 1 heterocycles. The quantitative estimate of drug-likeness (QED) is 0.861. The molecule has 0 bridgehead atoms. The highest BCUT2D eigenvalue weighted by molar-refractivity contribution is 5.37. The van der Waals surface area contributed by atoms with E-state index >= 15 is 0 Å². The zero-order valence-electron chi connectivity index (χ0n) is 13.0. The molecule has 1 saturated heterocycles. The van der Waals surface area contributed by atoms with Crippen LogP contribution in [0.15, 0.2) is 18.2 Å². The summed E-state index contributed by atoms with van der Waals surface area (Å²) in [4.78, 5) is 2.35. The van der Waals surface area contributed by atoms with Gasteiger partial charge in [-0.3, -0.25) is 4.90 Å². The van der Waals surface area contributed by atoms with Crippen molar-refractivity contribution in [2.24, 2.45) is 5.41 Å². The second-order valence-electron chi connectivity index (χ2n) is 5.93. The Hall–Kier alpha value is -1.37. The molecule has 1 aliphatic rings. The standard InChI is InChI=1S/C18H24FNO/c1-3-18(4-2)9-10-20(14-18)13-16-8-7-15(6-5-11-21)12-17(16)19/h7-8,12,21H,3-4,9-11,13-14H2,1-2H3. The largest absolute Gasteiger partial charge is 0.384 e. The van der Waals surface area contributed by atoms with Gasteiger partial charge in [-0.2, -0.15) is 0 Å². The normalized spacial score (nSPS) is 17.5. The minimum absolute atomic E-state index is 0.201. The predicted octanol–water partition coefficient (Wildman–Crippen LogP) is 3.18. The van der Waals surface area contributed by atoms with Crippen LogP contribution in [-0.2, 0) is 6.54 Å². The fourth-order valence-corrected chi connectivity index (χ4v) is 3.13. The van der Waals surface area contributed by atoms with Gasteiger partial charge in [-0.05, 0) is 43.4 Å². The number of rotatable bonds is 4. The molecule has 114 valence electrons. The Bertz CT molecular complexity index is 540.